The molecule has 0 radical (unpaired) electrons. The molecule has 1 aliphatic carbocycles. The number of carbonyl (C=O) groups is 1. The van der Waals surface area contributed by atoms with Crippen molar-refractivity contribution >= 4 is 11.6 Å². The molecule has 1 aromatic carbocycles. The van der Waals surface area contributed by atoms with Crippen molar-refractivity contribution in [3.8, 4) is 17.1 Å². The van der Waals surface area contributed by atoms with Crippen molar-refractivity contribution < 1.29 is 32.2 Å². The monoisotopic (exact) mass is 504 g/mol. The van der Waals surface area contributed by atoms with E-state index in [1.807, 2.05) is 0 Å². The van der Waals surface area contributed by atoms with E-state index in [2.05, 4.69) is 20.3 Å². The van der Waals surface area contributed by atoms with Gasteiger partial charge in [0.2, 0.25) is 5.92 Å². The van der Waals surface area contributed by atoms with Gasteiger partial charge in [0.15, 0.2) is 0 Å². The number of halogens is 4. The first-order valence-corrected chi connectivity index (χ1v) is 11.5. The first-order valence-electron chi connectivity index (χ1n) is 11.5. The summed E-state index contributed by atoms with van der Waals surface area (Å²) in [5.74, 6) is -5.22. The SMILES string of the molecule is O=C(Nc1c(-c2cc(F)ccc2F)ccnc1C1CCC(F)(F)CC1)c1cnc(OCCCO)nc1. The molecule has 1 saturated carbocycles. The van der Waals surface area contributed by atoms with Crippen molar-refractivity contribution in [1.29, 1.82) is 0 Å². The number of ether oxygens (including phenoxy) is 1. The predicted octanol–water partition coefficient (Wildman–Crippen LogP) is 5.12. The van der Waals surface area contributed by atoms with Crippen LogP contribution in [0.25, 0.3) is 11.1 Å². The van der Waals surface area contributed by atoms with Crippen molar-refractivity contribution in [3.63, 3.8) is 0 Å². The molecule has 2 aromatic heterocycles. The van der Waals surface area contributed by atoms with Gasteiger partial charge in [0.25, 0.3) is 5.91 Å². The van der Waals surface area contributed by atoms with Crippen LogP contribution in [0.1, 0.15) is 54.1 Å². The number of amides is 1. The number of rotatable bonds is 8. The van der Waals surface area contributed by atoms with E-state index in [4.69, 9.17) is 9.84 Å². The number of aliphatic hydroxyl groups excluding tert-OH is 1. The van der Waals surface area contributed by atoms with E-state index in [1.54, 1.807) is 0 Å². The lowest BCUT2D eigenvalue weighted by Gasteiger charge is -2.29. The molecule has 1 amide bonds. The van der Waals surface area contributed by atoms with E-state index in [0.717, 1.165) is 18.2 Å². The highest BCUT2D eigenvalue weighted by molar-refractivity contribution is 6.06. The van der Waals surface area contributed by atoms with E-state index in [1.165, 1.54) is 24.7 Å². The van der Waals surface area contributed by atoms with Crippen molar-refractivity contribution in [1.82, 2.24) is 15.0 Å². The van der Waals surface area contributed by atoms with Gasteiger partial charge in [-0.15, -0.1) is 0 Å². The quantitative estimate of drug-likeness (QED) is 0.326. The number of anilines is 1. The summed E-state index contributed by atoms with van der Waals surface area (Å²) in [5, 5.41) is 11.5. The molecule has 11 heteroatoms. The second-order valence-electron chi connectivity index (χ2n) is 8.51. The molecule has 190 valence electrons. The van der Waals surface area contributed by atoms with Crippen LogP contribution in [0, 0.1) is 11.6 Å². The highest BCUT2D eigenvalue weighted by Crippen LogP contribution is 2.44. The number of benzene rings is 1. The van der Waals surface area contributed by atoms with Gasteiger partial charge in [-0.25, -0.2) is 27.5 Å². The fourth-order valence-corrected chi connectivity index (χ4v) is 4.08. The molecular weight excluding hydrogens is 480 g/mol. The number of carbonyl (C=O) groups excluding carboxylic acids is 1. The highest BCUT2D eigenvalue weighted by atomic mass is 19.3. The summed E-state index contributed by atoms with van der Waals surface area (Å²) in [6.45, 7) is 0.144. The van der Waals surface area contributed by atoms with Gasteiger partial charge >= 0.3 is 6.01 Å². The largest absolute Gasteiger partial charge is 0.463 e. The Kier molecular flexibility index (Phi) is 7.78. The van der Waals surface area contributed by atoms with E-state index < -0.39 is 29.4 Å². The summed E-state index contributed by atoms with van der Waals surface area (Å²) in [4.78, 5) is 25.3. The zero-order valence-electron chi connectivity index (χ0n) is 19.2. The Balaban J connectivity index is 1.68. The summed E-state index contributed by atoms with van der Waals surface area (Å²) in [6, 6.07) is 4.40. The number of aliphatic hydroxyl groups is 1. The summed E-state index contributed by atoms with van der Waals surface area (Å²) in [5.41, 5.74) is 0.571. The van der Waals surface area contributed by atoms with Crippen LogP contribution >= 0.6 is 0 Å². The molecule has 2 N–H and O–H groups in total. The van der Waals surface area contributed by atoms with Gasteiger partial charge in [0.05, 0.1) is 23.6 Å². The molecule has 3 aromatic rings. The van der Waals surface area contributed by atoms with Gasteiger partial charge in [-0.2, -0.15) is 0 Å². The summed E-state index contributed by atoms with van der Waals surface area (Å²) in [6.07, 6.45) is 3.82. The van der Waals surface area contributed by atoms with Crippen molar-refractivity contribution in [2.24, 2.45) is 0 Å². The van der Waals surface area contributed by atoms with E-state index in [0.29, 0.717) is 12.1 Å². The minimum atomic E-state index is -2.77. The van der Waals surface area contributed by atoms with Crippen LogP contribution in [-0.2, 0) is 0 Å². The summed E-state index contributed by atoms with van der Waals surface area (Å²) in [7, 11) is 0. The Morgan fingerprint density at radius 2 is 1.81 bits per heavy atom. The minimum Gasteiger partial charge on any atom is -0.463 e. The molecule has 0 unspecified atom stereocenters. The molecule has 1 fully saturated rings. The van der Waals surface area contributed by atoms with Crippen LogP contribution in [0.15, 0.2) is 42.9 Å². The maximum atomic E-state index is 14.7. The van der Waals surface area contributed by atoms with Gasteiger partial charge in [0.1, 0.15) is 11.6 Å². The molecule has 0 atom stereocenters. The lowest BCUT2D eigenvalue weighted by molar-refractivity contribution is -0.0384. The maximum Gasteiger partial charge on any atom is 0.316 e. The highest BCUT2D eigenvalue weighted by Gasteiger charge is 2.37. The first kappa shape index (κ1) is 25.5. The minimum absolute atomic E-state index is 0.0210. The average Bonchev–Trinajstić information content (AvgIpc) is 2.86. The fraction of sp³-hybridized carbons (Fsp3) is 0.360. The second-order valence-corrected chi connectivity index (χ2v) is 8.51. The van der Waals surface area contributed by atoms with Crippen LogP contribution in [-0.4, -0.2) is 45.1 Å². The third-order valence-corrected chi connectivity index (χ3v) is 5.97. The predicted molar refractivity (Wildman–Crippen MR) is 123 cm³/mol. The number of nitrogens with zero attached hydrogens (tertiary/aromatic N) is 3. The first-order chi connectivity index (χ1) is 17.3. The van der Waals surface area contributed by atoms with Gasteiger partial charge in [-0.05, 0) is 37.1 Å². The van der Waals surface area contributed by atoms with Crippen LogP contribution in [0.4, 0.5) is 23.2 Å². The fourth-order valence-electron chi connectivity index (χ4n) is 4.08. The van der Waals surface area contributed by atoms with Gasteiger partial charge in [-0.3, -0.25) is 9.78 Å². The van der Waals surface area contributed by atoms with Gasteiger partial charge < -0.3 is 15.2 Å². The number of pyridine rings is 1. The van der Waals surface area contributed by atoms with Gasteiger partial charge in [0, 0.05) is 61.5 Å². The summed E-state index contributed by atoms with van der Waals surface area (Å²) >= 11 is 0. The van der Waals surface area contributed by atoms with Crippen LogP contribution in [0.3, 0.4) is 0 Å². The standard InChI is InChI=1S/C25H24F4N4O3/c26-17-2-3-20(27)19(12-17)18-6-9-30-21(15-4-7-25(28,29)8-5-15)22(18)33-23(35)16-13-31-24(32-14-16)36-11-1-10-34/h2-3,6,9,12-15,34H,1,4-5,7-8,10-11H2,(H,33,35). The number of alkyl halides is 2. The number of hydrogen-bond acceptors (Lipinski definition) is 6. The number of aromatic nitrogens is 3. The van der Waals surface area contributed by atoms with Crippen molar-refractivity contribution in [3.05, 3.63) is 65.7 Å². The van der Waals surface area contributed by atoms with Crippen LogP contribution in [0.2, 0.25) is 0 Å². The Hall–Kier alpha value is -3.60. The lowest BCUT2D eigenvalue weighted by atomic mass is 9.83. The molecule has 2 heterocycles. The third-order valence-electron chi connectivity index (χ3n) is 5.97. The average molecular weight is 504 g/mol. The molecule has 36 heavy (non-hydrogen) atoms. The topological polar surface area (TPSA) is 97.2 Å². The molecule has 0 saturated heterocycles. The van der Waals surface area contributed by atoms with E-state index in [-0.39, 0.29) is 67.3 Å². The number of nitrogens with one attached hydrogen (secondary N) is 1. The molecule has 7 nitrogen and oxygen atoms in total. The molecular formula is C25H24F4N4O3. The Morgan fingerprint density at radius 3 is 2.50 bits per heavy atom. The maximum absolute atomic E-state index is 14.7. The Morgan fingerprint density at radius 1 is 1.08 bits per heavy atom. The van der Waals surface area contributed by atoms with Crippen molar-refractivity contribution in [2.45, 2.75) is 43.9 Å². The lowest BCUT2D eigenvalue weighted by Crippen LogP contribution is -2.25. The van der Waals surface area contributed by atoms with Crippen molar-refractivity contribution in [2.75, 3.05) is 18.5 Å². The molecule has 0 bridgehead atoms. The number of hydrogen-bond donors (Lipinski definition) is 2. The zero-order chi connectivity index (χ0) is 25.7. The van der Waals surface area contributed by atoms with Crippen LogP contribution < -0.4 is 10.1 Å². The molecule has 4 rings (SSSR count). The third kappa shape index (κ3) is 5.96. The smallest absolute Gasteiger partial charge is 0.316 e. The normalized spacial score (nSPS) is 15.5. The molecule has 0 spiro atoms. The summed E-state index contributed by atoms with van der Waals surface area (Å²) < 4.78 is 61.5. The van der Waals surface area contributed by atoms with Crippen LogP contribution in [0.5, 0.6) is 6.01 Å². The molecule has 1 aliphatic rings. The second kappa shape index (κ2) is 11.0. The Bertz CT molecular complexity index is 1210. The molecule has 0 aliphatic heterocycles. The Labute approximate surface area is 204 Å². The zero-order valence-corrected chi connectivity index (χ0v) is 19.2. The van der Waals surface area contributed by atoms with E-state index >= 15 is 0 Å². The van der Waals surface area contributed by atoms with Gasteiger partial charge in [-0.1, -0.05) is 0 Å². The van der Waals surface area contributed by atoms with E-state index in [9.17, 15) is 22.4 Å².